The third-order valence-corrected chi connectivity index (χ3v) is 4.10. The van der Waals surface area contributed by atoms with Gasteiger partial charge in [-0.15, -0.1) is 0 Å². The zero-order chi connectivity index (χ0) is 16.0. The molecule has 0 amide bonds. The number of ether oxygens (including phenoxy) is 1. The van der Waals surface area contributed by atoms with E-state index in [1.165, 1.54) is 0 Å². The summed E-state index contributed by atoms with van der Waals surface area (Å²) in [5, 5.41) is 13.2. The fraction of sp³-hybridized carbons (Fsp3) is 0.0526. The number of fused-ring (bicyclic) bond motifs is 3. The van der Waals surface area contributed by atoms with Crippen LogP contribution < -0.4 is 10.5 Å². The summed E-state index contributed by atoms with van der Waals surface area (Å²) in [6.45, 7) is 0. The number of hydrogen-bond acceptors (Lipinski definition) is 3. The van der Waals surface area contributed by atoms with Crippen LogP contribution in [0.2, 0.25) is 0 Å². The highest BCUT2D eigenvalue weighted by atomic mass is 16.5. The summed E-state index contributed by atoms with van der Waals surface area (Å²) in [7, 11) is 1.59. The van der Waals surface area contributed by atoms with Gasteiger partial charge in [0.05, 0.1) is 30.2 Å². The smallest absolute Gasteiger partial charge is 0.143 e. The van der Waals surface area contributed by atoms with Crippen molar-refractivity contribution in [3.8, 4) is 17.2 Å². The Bertz CT molecular complexity index is 1030. The van der Waals surface area contributed by atoms with Gasteiger partial charge in [0.1, 0.15) is 11.5 Å². The molecule has 1 heterocycles. The van der Waals surface area contributed by atoms with Crippen molar-refractivity contribution in [2.24, 2.45) is 0 Å². The van der Waals surface area contributed by atoms with E-state index in [-0.39, 0.29) is 5.75 Å². The van der Waals surface area contributed by atoms with Gasteiger partial charge in [0.25, 0.3) is 0 Å². The number of hydrogen-bond donors (Lipinski definition) is 2. The normalized spacial score (nSPS) is 11.2. The highest BCUT2D eigenvalue weighted by molar-refractivity contribution is 6.09. The summed E-state index contributed by atoms with van der Waals surface area (Å²) in [6.07, 6.45) is 3.23. The Kier molecular flexibility index (Phi) is 2.91. The van der Waals surface area contributed by atoms with Gasteiger partial charge in [-0.1, -0.05) is 24.3 Å². The number of aromatic hydroxyl groups is 1. The van der Waals surface area contributed by atoms with Crippen LogP contribution in [-0.2, 0) is 0 Å². The van der Waals surface area contributed by atoms with Gasteiger partial charge in [-0.05, 0) is 23.6 Å². The van der Waals surface area contributed by atoms with Crippen molar-refractivity contribution >= 4 is 27.4 Å². The largest absolute Gasteiger partial charge is 0.507 e. The second-order valence-electron chi connectivity index (χ2n) is 5.41. The molecule has 23 heavy (non-hydrogen) atoms. The molecule has 0 aliphatic carbocycles. The minimum atomic E-state index is 0.254. The van der Waals surface area contributed by atoms with Gasteiger partial charge in [0, 0.05) is 22.9 Å². The first-order chi connectivity index (χ1) is 11.2. The molecule has 0 saturated heterocycles. The predicted molar refractivity (Wildman–Crippen MR) is 92.2 cm³/mol. The second kappa shape index (κ2) is 4.95. The van der Waals surface area contributed by atoms with E-state index in [9.17, 15) is 5.11 Å². The number of aromatic nitrogens is 1. The highest BCUT2D eigenvalue weighted by Crippen LogP contribution is 2.35. The van der Waals surface area contributed by atoms with E-state index in [0.717, 1.165) is 27.4 Å². The van der Waals surface area contributed by atoms with Crippen LogP contribution in [0.15, 0.2) is 54.6 Å². The minimum Gasteiger partial charge on any atom is -0.507 e. The molecule has 4 aromatic rings. The zero-order valence-electron chi connectivity index (χ0n) is 12.6. The van der Waals surface area contributed by atoms with Crippen LogP contribution in [0.5, 0.6) is 11.5 Å². The fourth-order valence-electron chi connectivity index (χ4n) is 2.95. The van der Waals surface area contributed by atoms with Gasteiger partial charge in [-0.3, -0.25) is 0 Å². The van der Waals surface area contributed by atoms with Crippen molar-refractivity contribution in [3.63, 3.8) is 0 Å². The predicted octanol–water partition coefficient (Wildman–Crippen LogP) is 3.88. The summed E-state index contributed by atoms with van der Waals surface area (Å²) in [6, 6.07) is 17.0. The standard InChI is InChI=1S/C19H15N2O2/c1-23-19-10-12(6-7-16(19)20)21-9-8-14-13-4-2-3-5-15(13)18(22)11-17(14)21/h2-8,10-11,22H,20H2,1H3. The average molecular weight is 303 g/mol. The van der Waals surface area contributed by atoms with E-state index in [2.05, 4.69) is 6.20 Å². The molecule has 0 bridgehead atoms. The van der Waals surface area contributed by atoms with Crippen LogP contribution in [-0.4, -0.2) is 16.8 Å². The quantitative estimate of drug-likeness (QED) is 0.552. The van der Waals surface area contributed by atoms with Crippen LogP contribution in [0.3, 0.4) is 0 Å². The monoisotopic (exact) mass is 303 g/mol. The molecule has 0 unspecified atom stereocenters. The number of nitrogen functional groups attached to an aromatic ring is 1. The number of methoxy groups -OCH3 is 1. The maximum atomic E-state index is 10.3. The Balaban J connectivity index is 2.02. The maximum Gasteiger partial charge on any atom is 0.143 e. The van der Waals surface area contributed by atoms with Gasteiger partial charge in [-0.2, -0.15) is 0 Å². The number of anilines is 1. The number of phenolic OH excluding ortho intramolecular Hbond substituents is 1. The van der Waals surface area contributed by atoms with Crippen molar-refractivity contribution < 1.29 is 9.84 Å². The first-order valence-electron chi connectivity index (χ1n) is 7.27. The van der Waals surface area contributed by atoms with Crippen molar-refractivity contribution in [3.05, 3.63) is 60.8 Å². The summed E-state index contributed by atoms with van der Waals surface area (Å²) < 4.78 is 7.18. The van der Waals surface area contributed by atoms with Crippen molar-refractivity contribution in [1.29, 1.82) is 0 Å². The number of nitrogens with two attached hydrogens (primary N) is 1. The molecule has 0 fully saturated rings. The van der Waals surface area contributed by atoms with Crippen molar-refractivity contribution in [1.82, 2.24) is 4.57 Å². The molecule has 0 aliphatic heterocycles. The molecule has 0 aliphatic rings. The highest BCUT2D eigenvalue weighted by Gasteiger charge is 2.11. The molecule has 3 N–H and O–H groups in total. The third kappa shape index (κ3) is 1.99. The summed E-state index contributed by atoms with van der Waals surface area (Å²) in [5.41, 5.74) is 8.22. The van der Waals surface area contributed by atoms with Gasteiger partial charge in [0.15, 0.2) is 0 Å². The zero-order valence-corrected chi connectivity index (χ0v) is 12.6. The average Bonchev–Trinajstić information content (AvgIpc) is 2.99. The molecule has 0 atom stereocenters. The number of rotatable bonds is 2. The van der Waals surface area contributed by atoms with Crippen molar-refractivity contribution in [2.45, 2.75) is 0 Å². The lowest BCUT2D eigenvalue weighted by Gasteiger charge is -2.10. The van der Waals surface area contributed by atoms with E-state index >= 15 is 0 Å². The van der Waals surface area contributed by atoms with Crippen molar-refractivity contribution in [2.75, 3.05) is 12.8 Å². The van der Waals surface area contributed by atoms with Crippen LogP contribution in [0.1, 0.15) is 0 Å². The van der Waals surface area contributed by atoms with E-state index < -0.39 is 0 Å². The van der Waals surface area contributed by atoms with Crippen LogP contribution >= 0.6 is 0 Å². The topological polar surface area (TPSA) is 60.4 Å². The minimum absolute atomic E-state index is 0.254. The first-order valence-corrected chi connectivity index (χ1v) is 7.27. The van der Waals surface area contributed by atoms with E-state index in [1.807, 2.05) is 47.0 Å². The number of nitrogens with zero attached hydrogens (tertiary/aromatic N) is 1. The Morgan fingerprint density at radius 2 is 1.83 bits per heavy atom. The van der Waals surface area contributed by atoms with Crippen LogP contribution in [0.25, 0.3) is 27.4 Å². The lowest BCUT2D eigenvalue weighted by atomic mass is 10.1. The van der Waals surface area contributed by atoms with Gasteiger partial charge < -0.3 is 20.1 Å². The van der Waals surface area contributed by atoms with Gasteiger partial charge in [0.2, 0.25) is 0 Å². The molecular weight excluding hydrogens is 288 g/mol. The SMILES string of the molecule is COc1cc(-n2[c]cc3c4ccccc4c(O)cc32)ccc1N. The molecule has 4 nitrogen and oxygen atoms in total. The Morgan fingerprint density at radius 1 is 1.04 bits per heavy atom. The molecule has 1 aromatic heterocycles. The molecule has 0 spiro atoms. The molecule has 0 saturated carbocycles. The van der Waals surface area contributed by atoms with E-state index in [4.69, 9.17) is 10.5 Å². The maximum absolute atomic E-state index is 10.3. The Labute approximate surface area is 133 Å². The number of phenols is 1. The lowest BCUT2D eigenvalue weighted by molar-refractivity contribution is 0.417. The Hall–Kier alpha value is -3.14. The van der Waals surface area contributed by atoms with E-state index in [0.29, 0.717) is 11.4 Å². The third-order valence-electron chi connectivity index (χ3n) is 4.10. The summed E-state index contributed by atoms with van der Waals surface area (Å²) in [5.74, 6) is 0.867. The van der Waals surface area contributed by atoms with Gasteiger partial charge >= 0.3 is 0 Å². The molecule has 4 rings (SSSR count). The molecule has 113 valence electrons. The fourth-order valence-corrected chi connectivity index (χ4v) is 2.95. The lowest BCUT2D eigenvalue weighted by Crippen LogP contribution is -1.97. The summed E-state index contributed by atoms with van der Waals surface area (Å²) in [4.78, 5) is 0. The molecular formula is C19H15N2O2. The van der Waals surface area contributed by atoms with E-state index in [1.54, 1.807) is 19.2 Å². The summed E-state index contributed by atoms with van der Waals surface area (Å²) >= 11 is 0. The molecule has 3 aromatic carbocycles. The first kappa shape index (κ1) is 13.5. The number of benzene rings is 3. The van der Waals surface area contributed by atoms with Crippen LogP contribution in [0.4, 0.5) is 5.69 Å². The Morgan fingerprint density at radius 3 is 2.61 bits per heavy atom. The van der Waals surface area contributed by atoms with Crippen LogP contribution in [0, 0.1) is 6.20 Å². The van der Waals surface area contributed by atoms with Gasteiger partial charge in [-0.25, -0.2) is 0 Å². The second-order valence-corrected chi connectivity index (χ2v) is 5.41. The molecule has 4 heteroatoms. The molecule has 1 radical (unpaired) electrons.